The lowest BCUT2D eigenvalue weighted by Crippen LogP contribution is -2.30. The lowest BCUT2D eigenvalue weighted by molar-refractivity contribution is -0.385. The van der Waals surface area contributed by atoms with Crippen LogP contribution < -0.4 is 4.90 Å². The average molecular weight is 262 g/mol. The largest absolute Gasteiger partial charge is 0.363 e. The number of nitrogens with zero attached hydrogens (tertiary/aromatic N) is 2. The minimum atomic E-state index is -2.59. The first-order valence-corrected chi connectivity index (χ1v) is 5.42. The molecule has 0 aliphatic rings. The number of hydrogen-bond acceptors (Lipinski definition) is 3. The summed E-state index contributed by atoms with van der Waals surface area (Å²) in [6.07, 6.45) is -2.02. The Morgan fingerprint density at radius 1 is 1.44 bits per heavy atom. The van der Waals surface area contributed by atoms with Gasteiger partial charge < -0.3 is 4.90 Å². The summed E-state index contributed by atoms with van der Waals surface area (Å²) in [4.78, 5) is 10.9. The Balaban J connectivity index is 3.01. The first-order valence-electron chi connectivity index (χ1n) is 5.42. The molecule has 7 heteroatoms. The summed E-state index contributed by atoms with van der Waals surface area (Å²) in [5.41, 5.74) is -0.438. The van der Waals surface area contributed by atoms with Crippen LogP contribution in [0.2, 0.25) is 0 Å². The van der Waals surface area contributed by atoms with Gasteiger partial charge in [-0.05, 0) is 12.5 Å². The molecule has 0 amide bonds. The third-order valence-corrected chi connectivity index (χ3v) is 2.33. The molecule has 0 atom stereocenters. The maximum absolute atomic E-state index is 13.6. The fourth-order valence-corrected chi connectivity index (χ4v) is 1.61. The van der Waals surface area contributed by atoms with Gasteiger partial charge in [0.2, 0.25) is 0 Å². The van der Waals surface area contributed by atoms with E-state index in [1.54, 1.807) is 6.92 Å². The fraction of sp³-hybridized carbons (Fsp3) is 0.455. The maximum atomic E-state index is 13.6. The molecule has 4 nitrogen and oxygen atoms in total. The van der Waals surface area contributed by atoms with E-state index < -0.39 is 29.4 Å². The van der Waals surface area contributed by atoms with E-state index in [1.807, 2.05) is 0 Å². The van der Waals surface area contributed by atoms with E-state index in [2.05, 4.69) is 0 Å². The van der Waals surface area contributed by atoms with Crippen LogP contribution in [0.3, 0.4) is 0 Å². The molecule has 0 saturated carbocycles. The molecule has 0 saturated heterocycles. The minimum absolute atomic E-state index is 0.0391. The van der Waals surface area contributed by atoms with Gasteiger partial charge in [-0.25, -0.2) is 13.2 Å². The van der Waals surface area contributed by atoms with Crippen molar-refractivity contribution in [1.82, 2.24) is 0 Å². The van der Waals surface area contributed by atoms with E-state index in [1.165, 1.54) is 4.90 Å². The Kier molecular flexibility index (Phi) is 4.94. The second-order valence-corrected chi connectivity index (χ2v) is 3.73. The molecule has 0 unspecified atom stereocenters. The van der Waals surface area contributed by atoms with Crippen LogP contribution in [0, 0.1) is 15.9 Å². The van der Waals surface area contributed by atoms with Crippen molar-refractivity contribution in [2.75, 3.05) is 18.0 Å². The molecule has 0 N–H and O–H groups in total. The number of nitro benzene ring substituents is 1. The van der Waals surface area contributed by atoms with E-state index >= 15 is 0 Å². The van der Waals surface area contributed by atoms with Crippen LogP contribution in [0.15, 0.2) is 18.2 Å². The zero-order valence-electron chi connectivity index (χ0n) is 9.78. The summed E-state index contributed by atoms with van der Waals surface area (Å²) >= 11 is 0. The summed E-state index contributed by atoms with van der Waals surface area (Å²) in [7, 11) is 0. The van der Waals surface area contributed by atoms with Gasteiger partial charge >= 0.3 is 0 Å². The van der Waals surface area contributed by atoms with Gasteiger partial charge in [0.05, 0.1) is 23.2 Å². The summed E-state index contributed by atoms with van der Waals surface area (Å²) in [6, 6.07) is 3.00. The van der Waals surface area contributed by atoms with Crippen molar-refractivity contribution >= 4 is 11.4 Å². The number of anilines is 1. The van der Waals surface area contributed by atoms with Crippen molar-refractivity contribution in [3.05, 3.63) is 34.1 Å². The predicted molar refractivity (Wildman–Crippen MR) is 61.6 cm³/mol. The molecule has 100 valence electrons. The van der Waals surface area contributed by atoms with Crippen molar-refractivity contribution in [3.8, 4) is 0 Å². The highest BCUT2D eigenvalue weighted by atomic mass is 19.3. The number of benzene rings is 1. The van der Waals surface area contributed by atoms with Crippen molar-refractivity contribution in [3.63, 3.8) is 0 Å². The highest BCUT2D eigenvalue weighted by Crippen LogP contribution is 2.24. The Hall–Kier alpha value is -1.79. The van der Waals surface area contributed by atoms with Crippen molar-refractivity contribution in [2.24, 2.45) is 0 Å². The first-order chi connectivity index (χ1) is 8.45. The van der Waals surface area contributed by atoms with Gasteiger partial charge in [0.15, 0.2) is 5.82 Å². The molecule has 0 aromatic heterocycles. The minimum Gasteiger partial charge on any atom is -0.363 e. The Bertz CT molecular complexity index is 427. The topological polar surface area (TPSA) is 46.4 Å². The first kappa shape index (κ1) is 14.3. The highest BCUT2D eigenvalue weighted by molar-refractivity contribution is 5.52. The number of nitro groups is 1. The highest BCUT2D eigenvalue weighted by Gasteiger charge is 2.18. The molecule has 0 spiro atoms. The molecule has 0 aliphatic carbocycles. The van der Waals surface area contributed by atoms with Crippen LogP contribution in [0.5, 0.6) is 0 Å². The Labute approximate surface area is 102 Å². The SMILES string of the molecule is CCCN(CC(F)F)c1ccc([N+](=O)[O-])cc1F. The van der Waals surface area contributed by atoms with Crippen molar-refractivity contribution < 1.29 is 18.1 Å². The van der Waals surface area contributed by atoms with E-state index in [-0.39, 0.29) is 12.2 Å². The third-order valence-electron chi connectivity index (χ3n) is 2.33. The Morgan fingerprint density at radius 2 is 2.11 bits per heavy atom. The summed E-state index contributed by atoms with van der Waals surface area (Å²) < 4.78 is 38.4. The molecule has 18 heavy (non-hydrogen) atoms. The van der Waals surface area contributed by atoms with Crippen molar-refractivity contribution in [2.45, 2.75) is 19.8 Å². The van der Waals surface area contributed by atoms with E-state index in [4.69, 9.17) is 0 Å². The van der Waals surface area contributed by atoms with Gasteiger partial charge in [-0.3, -0.25) is 10.1 Å². The second kappa shape index (κ2) is 6.23. The van der Waals surface area contributed by atoms with Crippen LogP contribution >= 0.6 is 0 Å². The van der Waals surface area contributed by atoms with E-state index in [9.17, 15) is 23.3 Å². The number of hydrogen-bond donors (Lipinski definition) is 0. The summed E-state index contributed by atoms with van der Waals surface area (Å²) in [5.74, 6) is -0.863. The van der Waals surface area contributed by atoms with Crippen LogP contribution in [0.4, 0.5) is 24.5 Å². The molecule has 0 fully saturated rings. The smallest absolute Gasteiger partial charge is 0.272 e. The monoisotopic (exact) mass is 262 g/mol. The molecule has 0 bridgehead atoms. The van der Waals surface area contributed by atoms with Gasteiger partial charge in [0, 0.05) is 12.6 Å². The summed E-state index contributed by atoms with van der Waals surface area (Å²) in [5, 5.41) is 10.4. The molecular formula is C11H13F3N2O2. The normalized spacial score (nSPS) is 10.7. The van der Waals surface area contributed by atoms with Crippen LogP contribution in [0.1, 0.15) is 13.3 Å². The van der Waals surface area contributed by atoms with Crippen molar-refractivity contribution in [1.29, 1.82) is 0 Å². The molecule has 1 aromatic carbocycles. The number of halogens is 3. The summed E-state index contributed by atoms with van der Waals surface area (Å²) in [6.45, 7) is 1.45. The predicted octanol–water partition coefficient (Wildman–Crippen LogP) is 3.22. The zero-order valence-corrected chi connectivity index (χ0v) is 9.78. The zero-order chi connectivity index (χ0) is 13.7. The van der Waals surface area contributed by atoms with Crippen LogP contribution in [0.25, 0.3) is 0 Å². The Morgan fingerprint density at radius 3 is 2.56 bits per heavy atom. The van der Waals surface area contributed by atoms with Crippen LogP contribution in [-0.4, -0.2) is 24.4 Å². The van der Waals surface area contributed by atoms with Gasteiger partial charge in [-0.1, -0.05) is 6.92 Å². The lowest BCUT2D eigenvalue weighted by atomic mass is 10.2. The molecule has 1 rings (SSSR count). The molecule has 0 heterocycles. The van der Waals surface area contributed by atoms with Gasteiger partial charge in [0.25, 0.3) is 12.1 Å². The number of rotatable bonds is 6. The maximum Gasteiger partial charge on any atom is 0.272 e. The fourth-order valence-electron chi connectivity index (χ4n) is 1.61. The number of non-ortho nitro benzene ring substituents is 1. The van der Waals surface area contributed by atoms with Gasteiger partial charge in [-0.2, -0.15) is 0 Å². The van der Waals surface area contributed by atoms with Crippen LogP contribution in [-0.2, 0) is 0 Å². The average Bonchev–Trinajstić information content (AvgIpc) is 2.27. The van der Waals surface area contributed by atoms with Gasteiger partial charge in [-0.15, -0.1) is 0 Å². The third kappa shape index (κ3) is 3.61. The quantitative estimate of drug-likeness (QED) is 0.584. The number of alkyl halides is 2. The standard InChI is InChI=1S/C11H13F3N2O2/c1-2-5-15(7-11(13)14)10-4-3-8(16(17)18)6-9(10)12/h3-4,6,11H,2,5,7H2,1H3. The lowest BCUT2D eigenvalue weighted by Gasteiger charge is -2.24. The molecular weight excluding hydrogens is 249 g/mol. The molecule has 0 aliphatic heterocycles. The van der Waals surface area contributed by atoms with E-state index in [0.717, 1.165) is 18.2 Å². The second-order valence-electron chi connectivity index (χ2n) is 3.73. The molecule has 0 radical (unpaired) electrons. The molecule has 1 aromatic rings. The van der Waals surface area contributed by atoms with Gasteiger partial charge in [0.1, 0.15) is 0 Å². The van der Waals surface area contributed by atoms with E-state index in [0.29, 0.717) is 6.42 Å².